The Kier molecular flexibility index (Phi) is 4.65. The quantitative estimate of drug-likeness (QED) is 0.854. The number of fused-ring (bicyclic) bond motifs is 1. The first-order valence-electron chi connectivity index (χ1n) is 6.90. The van der Waals surface area contributed by atoms with Gasteiger partial charge in [-0.15, -0.1) is 0 Å². The van der Waals surface area contributed by atoms with Crippen LogP contribution in [0.3, 0.4) is 0 Å². The van der Waals surface area contributed by atoms with Gasteiger partial charge in [-0.05, 0) is 43.5 Å². The van der Waals surface area contributed by atoms with E-state index in [4.69, 9.17) is 0 Å². The van der Waals surface area contributed by atoms with Crippen molar-refractivity contribution in [3.8, 4) is 0 Å². The predicted molar refractivity (Wildman–Crippen MR) is 79.7 cm³/mol. The Balaban J connectivity index is 2.31. The van der Waals surface area contributed by atoms with Gasteiger partial charge in [0.05, 0.1) is 11.0 Å². The van der Waals surface area contributed by atoms with Crippen molar-refractivity contribution in [1.29, 1.82) is 0 Å². The van der Waals surface area contributed by atoms with Crippen molar-refractivity contribution in [2.24, 2.45) is 0 Å². The highest BCUT2D eigenvalue weighted by molar-refractivity contribution is 7.89. The molecule has 0 saturated carbocycles. The molecule has 1 atom stereocenters. The molecule has 2 rings (SSSR count). The maximum Gasteiger partial charge on any atom is 0.240 e. The number of benzene rings is 1. The Bertz CT molecular complexity index is 640. The lowest BCUT2D eigenvalue weighted by molar-refractivity contribution is -0.116. The normalized spacial score (nSPS) is 16.4. The first-order chi connectivity index (χ1) is 9.81. The zero-order valence-corrected chi connectivity index (χ0v) is 13.0. The van der Waals surface area contributed by atoms with E-state index in [1.165, 1.54) is 19.9 Å². The second kappa shape index (κ2) is 6.13. The summed E-state index contributed by atoms with van der Waals surface area (Å²) in [6.07, 6.45) is 0.821. The number of aliphatic hydroxyl groups excluding tert-OH is 1. The number of hydrogen-bond donors (Lipinski definition) is 2. The van der Waals surface area contributed by atoms with Crippen LogP contribution in [0, 0.1) is 0 Å². The number of amides is 1. The van der Waals surface area contributed by atoms with Crippen molar-refractivity contribution in [2.75, 3.05) is 18.0 Å². The van der Waals surface area contributed by atoms with E-state index in [2.05, 4.69) is 4.72 Å². The molecule has 0 radical (unpaired) electrons. The predicted octanol–water partition coefficient (Wildman–Crippen LogP) is 0.645. The van der Waals surface area contributed by atoms with Gasteiger partial charge in [-0.25, -0.2) is 13.1 Å². The van der Waals surface area contributed by atoms with E-state index in [1.807, 2.05) is 0 Å². The van der Waals surface area contributed by atoms with Gasteiger partial charge in [0.15, 0.2) is 0 Å². The molecule has 1 aliphatic rings. The third-order valence-corrected chi connectivity index (χ3v) is 4.85. The van der Waals surface area contributed by atoms with Gasteiger partial charge >= 0.3 is 0 Å². The van der Waals surface area contributed by atoms with Crippen molar-refractivity contribution >= 4 is 21.6 Å². The minimum Gasteiger partial charge on any atom is -0.392 e. The molecule has 0 bridgehead atoms. The van der Waals surface area contributed by atoms with Crippen LogP contribution in [-0.2, 0) is 21.2 Å². The Morgan fingerprint density at radius 3 is 2.81 bits per heavy atom. The van der Waals surface area contributed by atoms with Gasteiger partial charge in [-0.1, -0.05) is 0 Å². The molecule has 116 valence electrons. The van der Waals surface area contributed by atoms with Crippen molar-refractivity contribution < 1.29 is 18.3 Å². The molecule has 1 unspecified atom stereocenters. The number of carbonyl (C=O) groups excluding carboxylic acids is 1. The van der Waals surface area contributed by atoms with E-state index >= 15 is 0 Å². The van der Waals surface area contributed by atoms with E-state index in [0.717, 1.165) is 24.1 Å². The van der Waals surface area contributed by atoms with E-state index in [9.17, 15) is 18.3 Å². The Hall–Kier alpha value is -1.44. The average molecular weight is 312 g/mol. The summed E-state index contributed by atoms with van der Waals surface area (Å²) < 4.78 is 26.6. The lowest BCUT2D eigenvalue weighted by Crippen LogP contribution is -2.34. The molecule has 0 aromatic heterocycles. The molecule has 1 amide bonds. The molecule has 1 aromatic carbocycles. The zero-order chi connectivity index (χ0) is 15.6. The van der Waals surface area contributed by atoms with Gasteiger partial charge in [0.2, 0.25) is 15.9 Å². The molecule has 7 heteroatoms. The van der Waals surface area contributed by atoms with Gasteiger partial charge < -0.3 is 10.0 Å². The van der Waals surface area contributed by atoms with E-state index in [-0.39, 0.29) is 17.3 Å². The minimum absolute atomic E-state index is 0.0288. The molecule has 2 N–H and O–H groups in total. The molecule has 1 heterocycles. The topological polar surface area (TPSA) is 86.7 Å². The zero-order valence-electron chi connectivity index (χ0n) is 12.2. The summed E-state index contributed by atoms with van der Waals surface area (Å²) >= 11 is 0. The second-order valence-corrected chi connectivity index (χ2v) is 7.03. The Morgan fingerprint density at radius 1 is 1.48 bits per heavy atom. The summed E-state index contributed by atoms with van der Waals surface area (Å²) in [5.74, 6) is -0.0428. The summed E-state index contributed by atoms with van der Waals surface area (Å²) in [7, 11) is -3.64. The third kappa shape index (κ3) is 3.61. The third-order valence-electron chi connectivity index (χ3n) is 3.43. The maximum atomic E-state index is 12.1. The second-order valence-electron chi connectivity index (χ2n) is 5.27. The smallest absolute Gasteiger partial charge is 0.240 e. The molecule has 0 spiro atoms. The molecule has 1 aliphatic heterocycles. The summed E-state index contributed by atoms with van der Waals surface area (Å²) in [4.78, 5) is 13.4. The van der Waals surface area contributed by atoms with Crippen LogP contribution in [0.1, 0.15) is 25.8 Å². The first-order valence-corrected chi connectivity index (χ1v) is 8.38. The van der Waals surface area contributed by atoms with Gasteiger partial charge in [-0.3, -0.25) is 4.79 Å². The number of rotatable bonds is 4. The van der Waals surface area contributed by atoms with E-state index < -0.39 is 16.1 Å². The average Bonchev–Trinajstić information content (AvgIpc) is 2.43. The molecular formula is C14H20N2O4S. The van der Waals surface area contributed by atoms with Gasteiger partial charge in [0.25, 0.3) is 0 Å². The largest absolute Gasteiger partial charge is 0.392 e. The Labute approximate surface area is 124 Å². The number of aryl methyl sites for hydroxylation is 1. The van der Waals surface area contributed by atoms with Crippen LogP contribution in [0.4, 0.5) is 5.69 Å². The van der Waals surface area contributed by atoms with Crippen molar-refractivity contribution in [3.63, 3.8) is 0 Å². The van der Waals surface area contributed by atoms with E-state index in [1.54, 1.807) is 17.0 Å². The van der Waals surface area contributed by atoms with Crippen LogP contribution in [-0.4, -0.2) is 38.6 Å². The highest BCUT2D eigenvalue weighted by atomic mass is 32.2. The van der Waals surface area contributed by atoms with Crippen LogP contribution < -0.4 is 9.62 Å². The minimum atomic E-state index is -3.64. The van der Waals surface area contributed by atoms with Crippen LogP contribution in [0.25, 0.3) is 0 Å². The van der Waals surface area contributed by atoms with Crippen molar-refractivity contribution in [3.05, 3.63) is 23.8 Å². The number of hydrogen-bond acceptors (Lipinski definition) is 4. The highest BCUT2D eigenvalue weighted by Gasteiger charge is 2.23. The van der Waals surface area contributed by atoms with Crippen LogP contribution in [0.2, 0.25) is 0 Å². The highest BCUT2D eigenvalue weighted by Crippen LogP contribution is 2.29. The molecule has 21 heavy (non-hydrogen) atoms. The van der Waals surface area contributed by atoms with Crippen LogP contribution in [0.15, 0.2) is 23.1 Å². The monoisotopic (exact) mass is 312 g/mol. The van der Waals surface area contributed by atoms with Crippen LogP contribution >= 0.6 is 0 Å². The van der Waals surface area contributed by atoms with Crippen molar-refractivity contribution in [1.82, 2.24) is 4.72 Å². The lowest BCUT2D eigenvalue weighted by Gasteiger charge is -2.28. The number of anilines is 1. The summed E-state index contributed by atoms with van der Waals surface area (Å²) in [6, 6.07) is 4.77. The lowest BCUT2D eigenvalue weighted by atomic mass is 10.0. The van der Waals surface area contributed by atoms with E-state index in [0.29, 0.717) is 6.54 Å². The molecule has 0 fully saturated rings. The fraction of sp³-hybridized carbons (Fsp3) is 0.500. The van der Waals surface area contributed by atoms with Crippen molar-refractivity contribution in [2.45, 2.75) is 37.7 Å². The fourth-order valence-corrected chi connectivity index (χ4v) is 3.55. The molecular weight excluding hydrogens is 292 g/mol. The van der Waals surface area contributed by atoms with Gasteiger partial charge in [0.1, 0.15) is 0 Å². The molecule has 0 saturated heterocycles. The summed E-state index contributed by atoms with van der Waals surface area (Å²) in [5.41, 5.74) is 1.64. The summed E-state index contributed by atoms with van der Waals surface area (Å²) in [5, 5.41) is 9.18. The van der Waals surface area contributed by atoms with Gasteiger partial charge in [-0.2, -0.15) is 0 Å². The first kappa shape index (κ1) is 15.9. The molecule has 0 aliphatic carbocycles. The number of sulfonamides is 1. The Morgan fingerprint density at radius 2 is 2.19 bits per heavy atom. The maximum absolute atomic E-state index is 12.1. The number of carbonyl (C=O) groups is 1. The number of aliphatic hydroxyl groups is 1. The SMILES string of the molecule is CC(=O)N1CCCc2cc(S(=O)(=O)NCC(C)O)ccc21. The van der Waals surface area contributed by atoms with Crippen LogP contribution in [0.5, 0.6) is 0 Å². The summed E-state index contributed by atoms with van der Waals surface area (Å²) in [6.45, 7) is 3.65. The number of nitrogens with zero attached hydrogens (tertiary/aromatic N) is 1. The fourth-order valence-electron chi connectivity index (χ4n) is 2.38. The number of nitrogens with one attached hydrogen (secondary N) is 1. The molecule has 1 aromatic rings. The molecule has 6 nitrogen and oxygen atoms in total. The standard InChI is InChI=1S/C14H20N2O4S/c1-10(17)9-15-21(19,20)13-5-6-14-12(8-13)4-3-7-16(14)11(2)18/h5-6,8,10,15,17H,3-4,7,9H2,1-2H3. The van der Waals surface area contributed by atoms with Gasteiger partial charge in [0, 0.05) is 25.7 Å².